The highest BCUT2D eigenvalue weighted by atomic mass is 32.2. The van der Waals surface area contributed by atoms with Crippen LogP contribution in [0.3, 0.4) is 0 Å². The van der Waals surface area contributed by atoms with Crippen LogP contribution in [-0.2, 0) is 37.3 Å². The van der Waals surface area contributed by atoms with Crippen molar-refractivity contribution in [3.8, 4) is 0 Å². The van der Waals surface area contributed by atoms with Gasteiger partial charge in [0.2, 0.25) is 15.9 Å². The summed E-state index contributed by atoms with van der Waals surface area (Å²) in [4.78, 5) is 56.5. The highest BCUT2D eigenvalue weighted by Crippen LogP contribution is 2.46. The summed E-state index contributed by atoms with van der Waals surface area (Å²) in [6.45, 7) is 1.40. The lowest BCUT2D eigenvalue weighted by Gasteiger charge is -2.29. The van der Waals surface area contributed by atoms with Crippen LogP contribution < -0.4 is 15.4 Å². The fourth-order valence-electron chi connectivity index (χ4n) is 6.31. The van der Waals surface area contributed by atoms with E-state index < -0.39 is 56.9 Å². The van der Waals surface area contributed by atoms with Gasteiger partial charge in [-0.15, -0.1) is 0 Å². The van der Waals surface area contributed by atoms with Gasteiger partial charge in [-0.3, -0.25) is 14.3 Å². The molecule has 3 N–H and O–H groups in total. The number of rotatable bonds is 4. The van der Waals surface area contributed by atoms with Crippen LogP contribution in [0.1, 0.15) is 62.5 Å². The van der Waals surface area contributed by atoms with E-state index in [9.17, 15) is 27.6 Å². The number of carbonyl (C=O) groups is 4. The van der Waals surface area contributed by atoms with Gasteiger partial charge in [-0.2, -0.15) is 0 Å². The molecule has 0 aromatic heterocycles. The third-order valence-corrected chi connectivity index (χ3v) is 11.0. The molecule has 43 heavy (non-hydrogen) atoms. The molecule has 3 fully saturated rings. The van der Waals surface area contributed by atoms with Gasteiger partial charge in [-0.05, 0) is 56.1 Å². The minimum absolute atomic E-state index is 0.0265. The number of nitrogens with zero attached hydrogens (tertiary/aromatic N) is 2. The number of amides is 5. The number of benzene rings is 1. The molecular weight excluding hydrogens is 574 g/mol. The predicted octanol–water partition coefficient (Wildman–Crippen LogP) is 1.95. The molecule has 6 rings (SSSR count). The molecule has 4 atom stereocenters. The summed E-state index contributed by atoms with van der Waals surface area (Å²) in [5, 5.41) is 5.11. The number of urea groups is 1. The van der Waals surface area contributed by atoms with Crippen molar-refractivity contribution in [1.29, 1.82) is 0 Å². The van der Waals surface area contributed by atoms with Gasteiger partial charge in [-0.1, -0.05) is 42.8 Å². The molecule has 2 aliphatic carbocycles. The quantitative estimate of drug-likeness (QED) is 0.439. The number of allylic oxidation sites excluding steroid dienone is 1. The largest absolute Gasteiger partial charge is 0.444 e. The summed E-state index contributed by atoms with van der Waals surface area (Å²) in [7, 11) is -3.82. The smallest absolute Gasteiger partial charge is 0.410 e. The van der Waals surface area contributed by atoms with Gasteiger partial charge in [0, 0.05) is 32.0 Å². The zero-order chi connectivity index (χ0) is 30.2. The topological polar surface area (TPSA) is 154 Å². The van der Waals surface area contributed by atoms with Crippen molar-refractivity contribution in [1.82, 2.24) is 25.2 Å². The van der Waals surface area contributed by atoms with Crippen LogP contribution in [0.25, 0.3) is 0 Å². The lowest BCUT2D eigenvalue weighted by Crippen LogP contribution is -2.57. The minimum atomic E-state index is -3.82. The molecule has 0 radical (unpaired) electrons. The van der Waals surface area contributed by atoms with Crippen LogP contribution in [0, 0.1) is 5.92 Å². The maximum atomic E-state index is 13.8. The second kappa shape index (κ2) is 11.8. The number of hydrogen-bond donors (Lipinski definition) is 3. The monoisotopic (exact) mass is 613 g/mol. The first-order valence-electron chi connectivity index (χ1n) is 15.3. The maximum absolute atomic E-state index is 13.8. The fraction of sp³-hybridized carbons (Fsp3) is 0.600. The Morgan fingerprint density at radius 2 is 1.86 bits per heavy atom. The van der Waals surface area contributed by atoms with Crippen LogP contribution in [0.4, 0.5) is 9.59 Å². The number of carbonyl (C=O) groups excluding carboxylic acids is 4. The van der Waals surface area contributed by atoms with Crippen LogP contribution in [0.15, 0.2) is 36.4 Å². The lowest BCUT2D eigenvalue weighted by molar-refractivity contribution is -0.131. The Morgan fingerprint density at radius 3 is 2.65 bits per heavy atom. The van der Waals surface area contributed by atoms with E-state index in [-0.39, 0.29) is 25.3 Å². The number of ether oxygens (including phenoxy) is 1. The molecule has 232 valence electrons. The van der Waals surface area contributed by atoms with E-state index in [0.717, 1.165) is 31.2 Å². The van der Waals surface area contributed by atoms with Crippen molar-refractivity contribution in [2.45, 2.75) is 87.3 Å². The van der Waals surface area contributed by atoms with Crippen molar-refractivity contribution >= 4 is 34.0 Å². The van der Waals surface area contributed by atoms with E-state index in [4.69, 9.17) is 4.74 Å². The summed E-state index contributed by atoms with van der Waals surface area (Å²) in [6.07, 6.45) is 7.99. The molecule has 5 aliphatic rings. The molecule has 3 aliphatic heterocycles. The molecule has 13 heteroatoms. The summed E-state index contributed by atoms with van der Waals surface area (Å²) < 4.78 is 33.2. The second-order valence-electron chi connectivity index (χ2n) is 12.3. The molecule has 12 nitrogen and oxygen atoms in total. The minimum Gasteiger partial charge on any atom is -0.444 e. The van der Waals surface area contributed by atoms with Crippen LogP contribution in [0.2, 0.25) is 0 Å². The normalized spacial score (nSPS) is 30.3. The van der Waals surface area contributed by atoms with Gasteiger partial charge in [0.05, 0.1) is 11.8 Å². The van der Waals surface area contributed by atoms with Crippen molar-refractivity contribution < 1.29 is 32.3 Å². The molecular formula is C30H39N5O7S. The third kappa shape index (κ3) is 6.36. The molecule has 5 amide bonds. The summed E-state index contributed by atoms with van der Waals surface area (Å²) in [6, 6.07) is 6.49. The SMILES string of the molecule is O=C1NC2(C(=O)NS(=O)(=O)C3CC3)CC2/C=C\CCCCCNC(=O)N2CC(OC(=O)N3CCc4ccccc4C3)CC12. The van der Waals surface area contributed by atoms with Crippen molar-refractivity contribution in [2.24, 2.45) is 5.92 Å². The van der Waals surface area contributed by atoms with E-state index in [1.807, 2.05) is 36.4 Å². The Balaban J connectivity index is 1.18. The zero-order valence-electron chi connectivity index (χ0n) is 24.1. The number of sulfonamides is 1. The van der Waals surface area contributed by atoms with Gasteiger partial charge >= 0.3 is 12.1 Å². The van der Waals surface area contributed by atoms with E-state index in [1.54, 1.807) is 4.90 Å². The Labute approximate surface area is 251 Å². The highest BCUT2D eigenvalue weighted by molar-refractivity contribution is 7.91. The van der Waals surface area contributed by atoms with Crippen molar-refractivity contribution in [2.75, 3.05) is 19.6 Å². The van der Waals surface area contributed by atoms with Gasteiger partial charge in [0.25, 0.3) is 5.91 Å². The van der Waals surface area contributed by atoms with Gasteiger partial charge < -0.3 is 25.2 Å². The van der Waals surface area contributed by atoms with Gasteiger partial charge in [0.15, 0.2) is 0 Å². The van der Waals surface area contributed by atoms with E-state index in [2.05, 4.69) is 15.4 Å². The lowest BCUT2D eigenvalue weighted by atomic mass is 10.0. The van der Waals surface area contributed by atoms with E-state index >= 15 is 0 Å². The molecule has 2 saturated carbocycles. The molecule has 1 saturated heterocycles. The Hall–Kier alpha value is -3.61. The first kappa shape index (κ1) is 29.5. The molecule has 1 aromatic rings. The standard InChI is InChI=1S/C30H39N5O7S/c36-26-25-16-23(42-29(39)34-15-13-20-8-5-6-9-21(20)18-34)19-35(25)28(38)31-14-7-3-1-2-4-10-22-17-30(22,32-26)27(37)33-43(40,41)24-11-12-24/h4-6,8-10,22-25H,1-3,7,11-19H2,(H,31,38)(H,32,36)(H,33,37)/b10-4-. The van der Waals surface area contributed by atoms with Crippen LogP contribution in [0.5, 0.6) is 0 Å². The zero-order valence-corrected chi connectivity index (χ0v) is 24.9. The van der Waals surface area contributed by atoms with Gasteiger partial charge in [0.1, 0.15) is 17.7 Å². The Bertz CT molecular complexity index is 1430. The van der Waals surface area contributed by atoms with Crippen molar-refractivity contribution in [3.63, 3.8) is 0 Å². The van der Waals surface area contributed by atoms with Crippen molar-refractivity contribution in [3.05, 3.63) is 47.5 Å². The molecule has 1 aromatic carbocycles. The van der Waals surface area contributed by atoms with E-state index in [0.29, 0.717) is 38.9 Å². The number of hydrogen-bond acceptors (Lipinski definition) is 7. The molecule has 0 bridgehead atoms. The van der Waals surface area contributed by atoms with Crippen LogP contribution >= 0.6 is 0 Å². The first-order chi connectivity index (χ1) is 20.7. The fourth-order valence-corrected chi connectivity index (χ4v) is 7.68. The third-order valence-electron chi connectivity index (χ3n) is 9.14. The summed E-state index contributed by atoms with van der Waals surface area (Å²) >= 11 is 0. The van der Waals surface area contributed by atoms with E-state index in [1.165, 1.54) is 10.5 Å². The average molecular weight is 614 g/mol. The Morgan fingerprint density at radius 1 is 1.07 bits per heavy atom. The highest BCUT2D eigenvalue weighted by Gasteiger charge is 2.62. The summed E-state index contributed by atoms with van der Waals surface area (Å²) in [5.74, 6) is -1.70. The average Bonchev–Trinajstić information content (AvgIpc) is 3.91. The summed E-state index contributed by atoms with van der Waals surface area (Å²) in [5.41, 5.74) is 0.833. The second-order valence-corrected chi connectivity index (χ2v) is 14.3. The molecule has 0 spiro atoms. The molecule has 4 unspecified atom stereocenters. The van der Waals surface area contributed by atoms with Gasteiger partial charge in [-0.25, -0.2) is 18.0 Å². The predicted molar refractivity (Wildman–Crippen MR) is 156 cm³/mol. The van der Waals surface area contributed by atoms with Crippen LogP contribution in [-0.4, -0.2) is 84.7 Å². The molecule has 3 heterocycles. The Kier molecular flexibility index (Phi) is 8.10. The maximum Gasteiger partial charge on any atom is 0.410 e. The number of nitrogens with one attached hydrogen (secondary N) is 3. The number of fused-ring (bicyclic) bond motifs is 3. The first-order valence-corrected chi connectivity index (χ1v) is 16.8.